The van der Waals surface area contributed by atoms with Crippen LogP contribution in [0.15, 0.2) is 48.6 Å². The third-order valence-electron chi connectivity index (χ3n) is 11.0. The number of ether oxygens (including phenoxy) is 3. The number of sulfonamides is 1. The zero-order chi connectivity index (χ0) is 34.8. The molecule has 1 spiro atoms. The van der Waals surface area contributed by atoms with Gasteiger partial charge in [-0.25, -0.2) is 17.9 Å². The Labute approximate surface area is 294 Å². The lowest BCUT2D eigenvalue weighted by atomic mass is 9.68. The topological polar surface area (TPSA) is 123 Å². The summed E-state index contributed by atoms with van der Waals surface area (Å²) in [6.45, 7) is 8.08. The average molecular weight is 714 g/mol. The Balaban J connectivity index is 1.35. The minimum absolute atomic E-state index is 0.213. The highest BCUT2D eigenvalue weighted by Crippen LogP contribution is 2.47. The van der Waals surface area contributed by atoms with E-state index < -0.39 is 27.3 Å². The highest BCUT2D eigenvalue weighted by molar-refractivity contribution is 7.90. The zero-order valence-electron chi connectivity index (χ0n) is 28.6. The number of hydrogen-bond donors (Lipinski definition) is 2. The van der Waals surface area contributed by atoms with Crippen molar-refractivity contribution in [1.82, 2.24) is 10.0 Å². The molecule has 4 aliphatic rings. The number of carbonyl (C=O) groups is 2. The summed E-state index contributed by atoms with van der Waals surface area (Å²) >= 11 is 6.44. The van der Waals surface area contributed by atoms with E-state index in [1.165, 1.54) is 11.1 Å². The minimum atomic E-state index is -3.96. The number of amides is 2. The fraction of sp³-hybridized carbons (Fsp3) is 0.568. The molecule has 49 heavy (non-hydrogen) atoms. The largest absolute Gasteiger partial charge is 0.490 e. The van der Waals surface area contributed by atoms with Gasteiger partial charge in [0.25, 0.3) is 5.91 Å². The predicted molar refractivity (Wildman–Crippen MR) is 190 cm³/mol. The number of fused-ring (bicyclic) bond motifs is 4. The van der Waals surface area contributed by atoms with Crippen molar-refractivity contribution in [2.45, 2.75) is 76.1 Å². The summed E-state index contributed by atoms with van der Waals surface area (Å²) in [6, 6.07) is 11.4. The highest BCUT2D eigenvalue weighted by atomic mass is 35.5. The summed E-state index contributed by atoms with van der Waals surface area (Å²) in [5.74, 6) is 0.293. The van der Waals surface area contributed by atoms with Crippen LogP contribution < -0.4 is 19.7 Å². The molecule has 266 valence electrons. The van der Waals surface area contributed by atoms with E-state index in [0.717, 1.165) is 49.4 Å². The lowest BCUT2D eigenvalue weighted by molar-refractivity contribution is -0.0126. The fourth-order valence-electron chi connectivity index (χ4n) is 7.85. The number of anilines is 1. The van der Waals surface area contributed by atoms with Crippen LogP contribution in [0.4, 0.5) is 10.5 Å². The first kappa shape index (κ1) is 35.5. The number of benzene rings is 2. The summed E-state index contributed by atoms with van der Waals surface area (Å²) in [4.78, 5) is 27.7. The van der Waals surface area contributed by atoms with E-state index >= 15 is 0 Å². The Bertz CT molecular complexity index is 1680. The van der Waals surface area contributed by atoms with E-state index in [9.17, 15) is 18.0 Å². The van der Waals surface area contributed by atoms with Gasteiger partial charge in [0.1, 0.15) is 5.75 Å². The van der Waals surface area contributed by atoms with Crippen LogP contribution in [0, 0.1) is 17.8 Å². The van der Waals surface area contributed by atoms with E-state index in [2.05, 4.69) is 33.1 Å². The standard InChI is InChI=1S/C37H48ClN3O7S/c1-4-46-36(43)39-17-18-47-33-9-5-7-24(2)25(3)49(44,45)40-35(42)27-11-15-34-32(20-27)41(21-28-10-13-30(28)33)22-37(23-48-34)16-6-8-26-19-29(38)12-14-31(26)37/h5,9,11-12,14-15,19-20,24-25,28,30,33H,4,6-8,10,13,16-18,21-23H2,1-3H3,(H,39,43)(H,40,42)/b9-5-/t24-,25+,28-,30+,33-,37-/m0/s1. The van der Waals surface area contributed by atoms with Crippen molar-refractivity contribution in [3.63, 3.8) is 0 Å². The van der Waals surface area contributed by atoms with Gasteiger partial charge in [-0.2, -0.15) is 0 Å². The van der Waals surface area contributed by atoms with Gasteiger partial charge in [-0.3, -0.25) is 4.79 Å². The average Bonchev–Trinajstić information content (AvgIpc) is 3.20. The van der Waals surface area contributed by atoms with Gasteiger partial charge in [0.05, 0.1) is 36.9 Å². The Morgan fingerprint density at radius 1 is 1.18 bits per heavy atom. The Hall–Kier alpha value is -3.28. The molecule has 2 amide bonds. The SMILES string of the molecule is CCOC(=O)NCCO[C@H]1/C=C\C[C@H](C)[C@@H](C)S(=O)(=O)NC(=O)c2ccc3c(c2)N(C[C@@H]2CC[C@H]21)C[C@@]1(CCCc2cc(Cl)ccc21)CO3. The van der Waals surface area contributed by atoms with Gasteiger partial charge in [0.15, 0.2) is 0 Å². The van der Waals surface area contributed by atoms with Crippen molar-refractivity contribution >= 4 is 39.3 Å². The number of hydrogen-bond acceptors (Lipinski definition) is 8. The number of rotatable bonds is 5. The second-order valence-corrected chi connectivity index (χ2v) is 16.6. The molecule has 0 radical (unpaired) electrons. The molecule has 2 aromatic rings. The van der Waals surface area contributed by atoms with E-state index in [4.69, 9.17) is 25.8 Å². The van der Waals surface area contributed by atoms with Crippen LogP contribution in [0.3, 0.4) is 0 Å². The van der Waals surface area contributed by atoms with E-state index in [1.807, 2.05) is 19.1 Å². The summed E-state index contributed by atoms with van der Waals surface area (Å²) in [5, 5.41) is 2.65. The normalized spacial score (nSPS) is 30.0. The monoisotopic (exact) mass is 713 g/mol. The molecular weight excluding hydrogens is 666 g/mol. The molecule has 2 bridgehead atoms. The van der Waals surface area contributed by atoms with E-state index in [-0.39, 0.29) is 28.9 Å². The number of nitrogens with one attached hydrogen (secondary N) is 2. The van der Waals surface area contributed by atoms with Crippen molar-refractivity contribution in [2.75, 3.05) is 44.4 Å². The predicted octanol–water partition coefficient (Wildman–Crippen LogP) is 6.01. The summed E-state index contributed by atoms with van der Waals surface area (Å²) in [5.41, 5.74) is 3.26. The van der Waals surface area contributed by atoms with Gasteiger partial charge in [0, 0.05) is 35.6 Å². The number of nitrogens with zero attached hydrogens (tertiary/aromatic N) is 1. The van der Waals surface area contributed by atoms with Crippen molar-refractivity contribution < 1.29 is 32.2 Å². The van der Waals surface area contributed by atoms with Gasteiger partial charge >= 0.3 is 6.09 Å². The molecule has 1 saturated carbocycles. The van der Waals surface area contributed by atoms with Gasteiger partial charge in [-0.1, -0.05) is 36.7 Å². The molecule has 10 nitrogen and oxygen atoms in total. The van der Waals surface area contributed by atoms with Gasteiger partial charge in [0.2, 0.25) is 10.0 Å². The van der Waals surface area contributed by atoms with Crippen LogP contribution in [0.2, 0.25) is 5.02 Å². The number of allylic oxidation sites excluding steroid dienone is 1. The van der Waals surface area contributed by atoms with Crippen molar-refractivity contribution in [1.29, 1.82) is 0 Å². The van der Waals surface area contributed by atoms with Crippen LogP contribution in [0.1, 0.15) is 74.4 Å². The molecule has 2 aliphatic heterocycles. The molecule has 2 heterocycles. The lowest BCUT2D eigenvalue weighted by Crippen LogP contribution is -2.50. The van der Waals surface area contributed by atoms with E-state index in [1.54, 1.807) is 32.0 Å². The molecule has 2 aliphatic carbocycles. The first-order chi connectivity index (χ1) is 23.5. The first-order valence-corrected chi connectivity index (χ1v) is 19.5. The molecule has 0 unspecified atom stereocenters. The molecular formula is C37H48ClN3O7S. The first-order valence-electron chi connectivity index (χ1n) is 17.5. The van der Waals surface area contributed by atoms with Crippen molar-refractivity contribution in [2.24, 2.45) is 17.8 Å². The van der Waals surface area contributed by atoms with Crippen molar-refractivity contribution in [3.8, 4) is 5.75 Å². The third kappa shape index (κ3) is 7.73. The molecule has 0 saturated heterocycles. The number of aryl methyl sites for hydroxylation is 1. The van der Waals surface area contributed by atoms with Crippen LogP contribution in [0.5, 0.6) is 5.75 Å². The highest BCUT2D eigenvalue weighted by Gasteiger charge is 2.44. The lowest BCUT2D eigenvalue weighted by Gasteiger charge is -2.46. The second kappa shape index (κ2) is 14.9. The molecule has 6 rings (SSSR count). The van der Waals surface area contributed by atoms with E-state index in [0.29, 0.717) is 51.0 Å². The fourth-order valence-corrected chi connectivity index (χ4v) is 9.33. The smallest absolute Gasteiger partial charge is 0.407 e. The van der Waals surface area contributed by atoms with Crippen LogP contribution in [-0.4, -0.2) is 71.2 Å². The van der Waals surface area contributed by atoms with Crippen molar-refractivity contribution in [3.05, 3.63) is 70.3 Å². The van der Waals surface area contributed by atoms with Crippen LogP contribution in [-0.2, 0) is 31.3 Å². The summed E-state index contributed by atoms with van der Waals surface area (Å²) in [7, 11) is -3.96. The van der Waals surface area contributed by atoms with Crippen LogP contribution >= 0.6 is 11.6 Å². The van der Waals surface area contributed by atoms with Gasteiger partial charge in [-0.05, 0) is 112 Å². The molecule has 6 atom stereocenters. The molecule has 12 heteroatoms. The number of halogens is 1. The third-order valence-corrected chi connectivity index (χ3v) is 13.1. The maximum atomic E-state index is 13.5. The van der Waals surface area contributed by atoms with Crippen LogP contribution in [0.25, 0.3) is 0 Å². The quantitative estimate of drug-likeness (QED) is 0.285. The second-order valence-electron chi connectivity index (χ2n) is 14.1. The summed E-state index contributed by atoms with van der Waals surface area (Å²) < 4.78 is 47.1. The Kier molecular flexibility index (Phi) is 10.8. The minimum Gasteiger partial charge on any atom is -0.490 e. The Morgan fingerprint density at radius 3 is 2.80 bits per heavy atom. The molecule has 2 aromatic carbocycles. The Morgan fingerprint density at radius 2 is 2.02 bits per heavy atom. The van der Waals surface area contributed by atoms with Gasteiger partial charge < -0.3 is 24.4 Å². The maximum absolute atomic E-state index is 13.5. The molecule has 0 aromatic heterocycles. The summed E-state index contributed by atoms with van der Waals surface area (Å²) in [6.07, 6.45) is 8.80. The molecule has 2 N–H and O–H groups in total. The maximum Gasteiger partial charge on any atom is 0.407 e. The molecule has 1 fully saturated rings. The number of carbonyl (C=O) groups excluding carboxylic acids is 2. The van der Waals surface area contributed by atoms with Gasteiger partial charge in [-0.15, -0.1) is 0 Å². The number of alkyl carbamates (subject to hydrolysis) is 1. The zero-order valence-corrected chi connectivity index (χ0v) is 30.2.